The lowest BCUT2D eigenvalue weighted by atomic mass is 10.2. The fraction of sp³-hybridized carbons (Fsp3) is 0.125. The molecular formula is C8H8O3S. The van der Waals surface area contributed by atoms with Crippen molar-refractivity contribution in [2.75, 3.05) is 6.26 Å². The molecular weight excluding hydrogens is 176 g/mol. The van der Waals surface area contributed by atoms with E-state index in [4.69, 9.17) is 0 Å². The summed E-state index contributed by atoms with van der Waals surface area (Å²) >= 11 is 0. The summed E-state index contributed by atoms with van der Waals surface area (Å²) in [5.41, 5.74) is 0.208. The molecule has 0 spiro atoms. The van der Waals surface area contributed by atoms with Crippen LogP contribution < -0.4 is 0 Å². The first-order valence-electron chi connectivity index (χ1n) is 3.30. The van der Waals surface area contributed by atoms with Crippen LogP contribution in [0.2, 0.25) is 0 Å². The fourth-order valence-corrected chi connectivity index (χ4v) is 1.79. The monoisotopic (exact) mass is 184 g/mol. The highest BCUT2D eigenvalue weighted by atomic mass is 32.2. The zero-order chi connectivity index (χ0) is 9.19. The van der Waals surface area contributed by atoms with Crippen LogP contribution in [0.3, 0.4) is 0 Å². The predicted molar refractivity (Wildman–Crippen MR) is 44.9 cm³/mol. The number of hydrogen-bond donors (Lipinski definition) is 0. The molecule has 0 aromatic heterocycles. The molecule has 1 rings (SSSR count). The Balaban J connectivity index is 3.43. The van der Waals surface area contributed by atoms with Gasteiger partial charge in [-0.2, -0.15) is 0 Å². The van der Waals surface area contributed by atoms with E-state index in [9.17, 15) is 13.2 Å². The summed E-state index contributed by atoms with van der Waals surface area (Å²) < 4.78 is 22.1. The van der Waals surface area contributed by atoms with Gasteiger partial charge in [0.25, 0.3) is 0 Å². The van der Waals surface area contributed by atoms with Gasteiger partial charge in [-0.25, -0.2) is 8.42 Å². The summed E-state index contributed by atoms with van der Waals surface area (Å²) in [5, 5.41) is 0. The summed E-state index contributed by atoms with van der Waals surface area (Å²) in [7, 11) is -3.28. The highest BCUT2D eigenvalue weighted by molar-refractivity contribution is 7.90. The number of sulfone groups is 1. The molecule has 0 saturated heterocycles. The van der Waals surface area contributed by atoms with Gasteiger partial charge < -0.3 is 0 Å². The van der Waals surface area contributed by atoms with Crippen molar-refractivity contribution in [1.82, 2.24) is 0 Å². The van der Waals surface area contributed by atoms with Crippen molar-refractivity contribution < 1.29 is 13.2 Å². The van der Waals surface area contributed by atoms with Gasteiger partial charge in [0, 0.05) is 11.8 Å². The van der Waals surface area contributed by atoms with Crippen LogP contribution in [0.4, 0.5) is 0 Å². The molecule has 12 heavy (non-hydrogen) atoms. The summed E-state index contributed by atoms with van der Waals surface area (Å²) in [6.07, 6.45) is 1.62. The van der Waals surface area contributed by atoms with Crippen molar-refractivity contribution in [2.24, 2.45) is 0 Å². The van der Waals surface area contributed by atoms with Gasteiger partial charge >= 0.3 is 0 Å². The van der Waals surface area contributed by atoms with Crippen LogP contribution in [-0.4, -0.2) is 21.0 Å². The zero-order valence-electron chi connectivity index (χ0n) is 6.52. The number of aldehydes is 1. The average Bonchev–Trinajstić information content (AvgIpc) is 2.03. The maximum Gasteiger partial charge on any atom is 0.176 e. The molecule has 0 unspecified atom stereocenters. The number of carbonyl (C=O) groups is 1. The second-order valence-corrected chi connectivity index (χ2v) is 4.41. The molecule has 0 aliphatic carbocycles. The third-order valence-corrected chi connectivity index (χ3v) is 2.62. The average molecular weight is 184 g/mol. The van der Waals surface area contributed by atoms with Crippen molar-refractivity contribution in [3.63, 3.8) is 0 Å². The number of hydrogen-bond acceptors (Lipinski definition) is 3. The van der Waals surface area contributed by atoms with Crippen molar-refractivity contribution in [1.29, 1.82) is 0 Å². The van der Waals surface area contributed by atoms with Gasteiger partial charge in [-0.3, -0.25) is 4.79 Å². The molecule has 0 heterocycles. The Labute approximate surface area is 70.9 Å². The van der Waals surface area contributed by atoms with Crippen LogP contribution in [0.1, 0.15) is 10.4 Å². The lowest BCUT2D eigenvalue weighted by molar-refractivity contribution is 0.112. The molecule has 1 aromatic carbocycles. The molecule has 4 heteroatoms. The largest absolute Gasteiger partial charge is 0.298 e. The first-order chi connectivity index (χ1) is 5.55. The van der Waals surface area contributed by atoms with Crippen molar-refractivity contribution in [3.8, 4) is 0 Å². The summed E-state index contributed by atoms with van der Waals surface area (Å²) in [4.78, 5) is 10.5. The molecule has 0 fully saturated rings. The zero-order valence-corrected chi connectivity index (χ0v) is 7.34. The van der Waals surface area contributed by atoms with E-state index in [2.05, 4.69) is 0 Å². The summed E-state index contributed by atoms with van der Waals surface area (Å²) in [6.45, 7) is 0. The third-order valence-electron chi connectivity index (χ3n) is 1.45. The van der Waals surface area contributed by atoms with Gasteiger partial charge in [0.15, 0.2) is 16.1 Å². The van der Waals surface area contributed by atoms with Crippen LogP contribution >= 0.6 is 0 Å². The molecule has 0 N–H and O–H groups in total. The summed E-state index contributed by atoms with van der Waals surface area (Å²) in [6, 6.07) is 6.10. The molecule has 1 aromatic rings. The van der Waals surface area contributed by atoms with E-state index >= 15 is 0 Å². The maximum absolute atomic E-state index is 11.1. The topological polar surface area (TPSA) is 51.2 Å². The van der Waals surface area contributed by atoms with Crippen LogP contribution in [0, 0.1) is 0 Å². The molecule has 0 aliphatic rings. The SMILES string of the molecule is CS(=O)(=O)c1ccccc1C=O. The number of rotatable bonds is 2. The van der Waals surface area contributed by atoms with Crippen molar-refractivity contribution >= 4 is 16.1 Å². The molecule has 0 amide bonds. The second-order valence-electron chi connectivity index (χ2n) is 2.43. The molecule has 0 saturated carbocycles. The smallest absolute Gasteiger partial charge is 0.176 e. The van der Waals surface area contributed by atoms with Crippen molar-refractivity contribution in [3.05, 3.63) is 29.8 Å². The molecule has 64 valence electrons. The van der Waals surface area contributed by atoms with E-state index in [1.165, 1.54) is 12.1 Å². The van der Waals surface area contributed by atoms with Crippen LogP contribution in [0.15, 0.2) is 29.2 Å². The first-order valence-corrected chi connectivity index (χ1v) is 5.19. The Bertz CT molecular complexity index is 393. The van der Waals surface area contributed by atoms with E-state index < -0.39 is 9.84 Å². The molecule has 0 atom stereocenters. The van der Waals surface area contributed by atoms with Crippen molar-refractivity contribution in [2.45, 2.75) is 4.90 Å². The molecule has 0 aliphatic heterocycles. The third kappa shape index (κ3) is 1.71. The number of benzene rings is 1. The number of carbonyl (C=O) groups excluding carboxylic acids is 1. The fourth-order valence-electron chi connectivity index (χ4n) is 0.916. The highest BCUT2D eigenvalue weighted by Gasteiger charge is 2.10. The Hall–Kier alpha value is -1.16. The van der Waals surface area contributed by atoms with E-state index in [1.807, 2.05) is 0 Å². The minimum atomic E-state index is -3.28. The van der Waals surface area contributed by atoms with E-state index in [0.29, 0.717) is 6.29 Å². The highest BCUT2D eigenvalue weighted by Crippen LogP contribution is 2.12. The lowest BCUT2D eigenvalue weighted by Crippen LogP contribution is -2.00. The maximum atomic E-state index is 11.1. The first kappa shape index (κ1) is 8.93. The minimum absolute atomic E-state index is 0.0833. The molecule has 0 radical (unpaired) electrons. The van der Waals surface area contributed by atoms with Crippen LogP contribution in [0.25, 0.3) is 0 Å². The van der Waals surface area contributed by atoms with E-state index in [0.717, 1.165) is 6.26 Å². The normalized spacial score (nSPS) is 11.1. The van der Waals surface area contributed by atoms with Gasteiger partial charge in [0.2, 0.25) is 0 Å². The van der Waals surface area contributed by atoms with E-state index in [-0.39, 0.29) is 10.5 Å². The summed E-state index contributed by atoms with van der Waals surface area (Å²) in [5.74, 6) is 0. The Kier molecular flexibility index (Phi) is 2.28. The Morgan fingerprint density at radius 3 is 2.25 bits per heavy atom. The standard InChI is InChI=1S/C8H8O3S/c1-12(10,11)8-5-3-2-4-7(8)6-9/h2-6H,1H3. The Morgan fingerprint density at radius 2 is 1.83 bits per heavy atom. The van der Waals surface area contributed by atoms with Gasteiger partial charge in [-0.1, -0.05) is 18.2 Å². The van der Waals surface area contributed by atoms with Gasteiger partial charge in [-0.15, -0.1) is 0 Å². The minimum Gasteiger partial charge on any atom is -0.298 e. The van der Waals surface area contributed by atoms with Gasteiger partial charge in [0.05, 0.1) is 4.90 Å². The Morgan fingerprint density at radius 1 is 1.25 bits per heavy atom. The second kappa shape index (κ2) is 3.06. The molecule has 0 bridgehead atoms. The van der Waals surface area contributed by atoms with Gasteiger partial charge in [-0.05, 0) is 6.07 Å². The van der Waals surface area contributed by atoms with Gasteiger partial charge in [0.1, 0.15) is 0 Å². The quantitative estimate of drug-likeness (QED) is 0.642. The lowest BCUT2D eigenvalue weighted by Gasteiger charge is -1.99. The molecule has 3 nitrogen and oxygen atoms in total. The van der Waals surface area contributed by atoms with Crippen LogP contribution in [0.5, 0.6) is 0 Å². The predicted octanol–water partition coefficient (Wildman–Crippen LogP) is 0.903. The van der Waals surface area contributed by atoms with Crippen LogP contribution in [-0.2, 0) is 9.84 Å². The van der Waals surface area contributed by atoms with E-state index in [1.54, 1.807) is 12.1 Å².